The summed E-state index contributed by atoms with van der Waals surface area (Å²) in [5, 5.41) is 5.54. The average Bonchev–Trinajstić information content (AvgIpc) is 2.78. The number of nitrogens with zero attached hydrogens (tertiary/aromatic N) is 2. The largest absolute Gasteiger partial charge is 0.481 e. The summed E-state index contributed by atoms with van der Waals surface area (Å²) < 4.78 is 4.98. The minimum atomic E-state index is -0.247. The van der Waals surface area contributed by atoms with Crippen LogP contribution < -0.4 is 15.4 Å². The minimum Gasteiger partial charge on any atom is -0.481 e. The van der Waals surface area contributed by atoms with Crippen LogP contribution in [-0.2, 0) is 11.3 Å². The number of carbonyl (C=O) groups excluding carboxylic acids is 2. The topological polar surface area (TPSA) is 83.6 Å². The van der Waals surface area contributed by atoms with E-state index >= 15 is 0 Å². The van der Waals surface area contributed by atoms with E-state index < -0.39 is 0 Å². The normalized spacial score (nSPS) is 15.0. The van der Waals surface area contributed by atoms with E-state index in [1.165, 1.54) is 0 Å². The molecular formula is C16H24N4O3. The first kappa shape index (κ1) is 17.1. The van der Waals surface area contributed by atoms with Crippen molar-refractivity contribution in [2.24, 2.45) is 0 Å². The lowest BCUT2D eigenvalue weighted by Crippen LogP contribution is -2.41. The Kier molecular flexibility index (Phi) is 6.65. The van der Waals surface area contributed by atoms with Crippen LogP contribution >= 0.6 is 0 Å². The van der Waals surface area contributed by atoms with E-state index in [2.05, 4.69) is 15.6 Å². The number of urea groups is 1. The summed E-state index contributed by atoms with van der Waals surface area (Å²) in [5.41, 5.74) is 0.892. The molecule has 1 saturated heterocycles. The average molecular weight is 320 g/mol. The monoisotopic (exact) mass is 320 g/mol. The van der Waals surface area contributed by atoms with Gasteiger partial charge in [-0.25, -0.2) is 9.78 Å². The van der Waals surface area contributed by atoms with Gasteiger partial charge in [0.25, 0.3) is 0 Å². The fraction of sp³-hybridized carbons (Fsp3) is 0.562. The van der Waals surface area contributed by atoms with Crippen LogP contribution in [0.5, 0.6) is 5.88 Å². The maximum Gasteiger partial charge on any atom is 0.315 e. The van der Waals surface area contributed by atoms with Crippen molar-refractivity contribution in [3.63, 3.8) is 0 Å². The summed E-state index contributed by atoms with van der Waals surface area (Å²) in [5.74, 6) is 0.731. The molecule has 1 fully saturated rings. The van der Waals surface area contributed by atoms with Gasteiger partial charge in [-0.2, -0.15) is 0 Å². The van der Waals surface area contributed by atoms with Crippen LogP contribution in [0.1, 0.15) is 31.2 Å². The zero-order valence-corrected chi connectivity index (χ0v) is 13.5. The molecular weight excluding hydrogens is 296 g/mol. The van der Waals surface area contributed by atoms with Gasteiger partial charge in [-0.15, -0.1) is 0 Å². The summed E-state index contributed by atoms with van der Waals surface area (Å²) >= 11 is 0. The molecule has 0 bridgehead atoms. The molecule has 0 saturated carbocycles. The summed E-state index contributed by atoms with van der Waals surface area (Å²) in [7, 11) is 1.56. The SMILES string of the molecule is COc1ccc(CNC(=O)NCCN2CCCCCC2=O)cn1. The Morgan fingerprint density at radius 1 is 1.30 bits per heavy atom. The number of amides is 3. The fourth-order valence-electron chi connectivity index (χ4n) is 2.46. The second kappa shape index (κ2) is 8.97. The molecule has 126 valence electrons. The molecule has 0 spiro atoms. The van der Waals surface area contributed by atoms with Crippen molar-refractivity contribution < 1.29 is 14.3 Å². The van der Waals surface area contributed by atoms with Crippen LogP contribution in [0, 0.1) is 0 Å². The minimum absolute atomic E-state index is 0.189. The number of pyridine rings is 1. The van der Waals surface area contributed by atoms with Crippen molar-refractivity contribution in [1.82, 2.24) is 20.5 Å². The first-order valence-electron chi connectivity index (χ1n) is 7.97. The van der Waals surface area contributed by atoms with Gasteiger partial charge in [0.15, 0.2) is 0 Å². The molecule has 23 heavy (non-hydrogen) atoms. The number of ether oxygens (including phenoxy) is 1. The van der Waals surface area contributed by atoms with Crippen LogP contribution in [0.2, 0.25) is 0 Å². The van der Waals surface area contributed by atoms with Crippen molar-refractivity contribution in [3.8, 4) is 5.88 Å². The van der Waals surface area contributed by atoms with E-state index in [1.54, 1.807) is 19.4 Å². The number of hydrogen-bond donors (Lipinski definition) is 2. The van der Waals surface area contributed by atoms with Crippen molar-refractivity contribution >= 4 is 11.9 Å². The summed E-state index contributed by atoms with van der Waals surface area (Å²) in [6.45, 7) is 2.21. The first-order chi connectivity index (χ1) is 11.2. The molecule has 1 aliphatic rings. The third-order valence-electron chi connectivity index (χ3n) is 3.80. The number of nitrogens with one attached hydrogen (secondary N) is 2. The molecule has 0 atom stereocenters. The van der Waals surface area contributed by atoms with Crippen LogP contribution in [0.25, 0.3) is 0 Å². The summed E-state index contributed by atoms with van der Waals surface area (Å²) in [6.07, 6.45) is 5.40. The lowest BCUT2D eigenvalue weighted by molar-refractivity contribution is -0.130. The summed E-state index contributed by atoms with van der Waals surface area (Å²) in [4.78, 5) is 29.5. The van der Waals surface area contributed by atoms with Gasteiger partial charge in [-0.05, 0) is 18.4 Å². The maximum absolute atomic E-state index is 11.8. The van der Waals surface area contributed by atoms with E-state index in [9.17, 15) is 9.59 Å². The van der Waals surface area contributed by atoms with Gasteiger partial charge in [0.1, 0.15) is 0 Å². The molecule has 2 heterocycles. The standard InChI is InChI=1S/C16H24N4O3/c1-23-14-7-6-13(11-18-14)12-19-16(22)17-8-10-20-9-4-2-3-5-15(20)21/h6-7,11H,2-5,8-10,12H2,1H3,(H2,17,19,22). The van der Waals surface area contributed by atoms with E-state index in [0.29, 0.717) is 31.9 Å². The number of carbonyl (C=O) groups is 2. The van der Waals surface area contributed by atoms with Gasteiger partial charge in [0.2, 0.25) is 11.8 Å². The number of rotatable bonds is 6. The molecule has 3 amide bonds. The van der Waals surface area contributed by atoms with Gasteiger partial charge < -0.3 is 20.3 Å². The molecule has 7 heteroatoms. The number of aromatic nitrogens is 1. The molecule has 2 N–H and O–H groups in total. The van der Waals surface area contributed by atoms with Crippen LogP contribution in [-0.4, -0.2) is 48.6 Å². The zero-order chi connectivity index (χ0) is 16.5. The number of hydrogen-bond acceptors (Lipinski definition) is 4. The summed E-state index contributed by atoms with van der Waals surface area (Å²) in [6, 6.07) is 3.35. The molecule has 0 aliphatic carbocycles. The van der Waals surface area contributed by atoms with Gasteiger partial charge in [-0.3, -0.25) is 4.79 Å². The van der Waals surface area contributed by atoms with Crippen molar-refractivity contribution in [1.29, 1.82) is 0 Å². The molecule has 0 aromatic carbocycles. The molecule has 1 aliphatic heterocycles. The Labute approximate surface area is 136 Å². The van der Waals surface area contributed by atoms with Gasteiger partial charge in [0.05, 0.1) is 7.11 Å². The maximum atomic E-state index is 11.8. The molecule has 2 rings (SSSR count). The predicted molar refractivity (Wildman–Crippen MR) is 86.1 cm³/mol. The highest BCUT2D eigenvalue weighted by Crippen LogP contribution is 2.10. The molecule has 7 nitrogen and oxygen atoms in total. The highest BCUT2D eigenvalue weighted by Gasteiger charge is 2.15. The Morgan fingerprint density at radius 3 is 2.91 bits per heavy atom. The van der Waals surface area contributed by atoms with E-state index in [1.807, 2.05) is 11.0 Å². The van der Waals surface area contributed by atoms with Crippen LogP contribution in [0.15, 0.2) is 18.3 Å². The molecule has 0 unspecified atom stereocenters. The van der Waals surface area contributed by atoms with E-state index in [4.69, 9.17) is 4.74 Å². The first-order valence-corrected chi connectivity index (χ1v) is 7.97. The lowest BCUT2D eigenvalue weighted by atomic mass is 10.2. The fourth-order valence-corrected chi connectivity index (χ4v) is 2.46. The lowest BCUT2D eigenvalue weighted by Gasteiger charge is -2.20. The van der Waals surface area contributed by atoms with Crippen LogP contribution in [0.3, 0.4) is 0 Å². The van der Waals surface area contributed by atoms with Crippen molar-refractivity contribution in [2.45, 2.75) is 32.2 Å². The van der Waals surface area contributed by atoms with Crippen molar-refractivity contribution in [3.05, 3.63) is 23.9 Å². The molecule has 1 aromatic heterocycles. The predicted octanol–water partition coefficient (Wildman–Crippen LogP) is 1.29. The smallest absolute Gasteiger partial charge is 0.315 e. The zero-order valence-electron chi connectivity index (χ0n) is 13.5. The molecule has 1 aromatic rings. The highest BCUT2D eigenvalue weighted by molar-refractivity contribution is 5.76. The Bertz CT molecular complexity index is 519. The van der Waals surface area contributed by atoms with Gasteiger partial charge >= 0.3 is 6.03 Å². The van der Waals surface area contributed by atoms with E-state index in [0.717, 1.165) is 31.4 Å². The second-order valence-corrected chi connectivity index (χ2v) is 5.51. The Morgan fingerprint density at radius 2 is 2.17 bits per heavy atom. The van der Waals surface area contributed by atoms with E-state index in [-0.39, 0.29) is 11.9 Å². The van der Waals surface area contributed by atoms with Gasteiger partial charge in [0, 0.05) is 44.9 Å². The van der Waals surface area contributed by atoms with Crippen LogP contribution in [0.4, 0.5) is 4.79 Å². The van der Waals surface area contributed by atoms with Gasteiger partial charge in [-0.1, -0.05) is 12.5 Å². The number of methoxy groups -OCH3 is 1. The Hall–Kier alpha value is -2.31. The van der Waals surface area contributed by atoms with Crippen molar-refractivity contribution in [2.75, 3.05) is 26.7 Å². The second-order valence-electron chi connectivity index (χ2n) is 5.51. The third-order valence-corrected chi connectivity index (χ3v) is 3.80. The molecule has 0 radical (unpaired) electrons. The highest BCUT2D eigenvalue weighted by atomic mass is 16.5. The third kappa shape index (κ3) is 5.77. The number of likely N-dealkylation sites (tertiary alicyclic amines) is 1. The Balaban J connectivity index is 1.65. The quantitative estimate of drug-likeness (QED) is 0.827.